The predicted octanol–water partition coefficient (Wildman–Crippen LogP) is -0.0100. The van der Waals surface area contributed by atoms with Gasteiger partial charge in [-0.15, -0.1) is 0 Å². The second-order valence-electron chi connectivity index (χ2n) is 4.45. The standard InChI is InChI=1S/C11H18N4O2S/c1-14-6-3-7-15(9-8-14)18(16,17)10-4-2-5-13-11(10)12/h2,4-5H,3,6-9H2,1H3,(H2,12,13). The third kappa shape index (κ3) is 2.63. The van der Waals surface area contributed by atoms with Crippen LogP contribution in [0, 0.1) is 0 Å². The van der Waals surface area contributed by atoms with Crippen LogP contribution in [0.3, 0.4) is 0 Å². The lowest BCUT2D eigenvalue weighted by molar-refractivity contribution is 0.347. The molecule has 2 heterocycles. The van der Waals surface area contributed by atoms with E-state index < -0.39 is 10.0 Å². The fraction of sp³-hybridized carbons (Fsp3) is 0.545. The lowest BCUT2D eigenvalue weighted by atomic mass is 10.4. The molecular weight excluding hydrogens is 252 g/mol. The Hall–Kier alpha value is -1.18. The van der Waals surface area contributed by atoms with Crippen molar-refractivity contribution in [2.75, 3.05) is 39.0 Å². The van der Waals surface area contributed by atoms with Gasteiger partial charge in [0.05, 0.1) is 0 Å². The molecule has 7 heteroatoms. The first kappa shape index (κ1) is 13.3. The highest BCUT2D eigenvalue weighted by Crippen LogP contribution is 2.21. The summed E-state index contributed by atoms with van der Waals surface area (Å²) in [5.74, 6) is 0.0649. The van der Waals surface area contributed by atoms with Gasteiger partial charge in [-0.2, -0.15) is 4.31 Å². The Morgan fingerprint density at radius 2 is 2.06 bits per heavy atom. The van der Waals surface area contributed by atoms with Crippen LogP contribution in [0.15, 0.2) is 23.2 Å². The minimum absolute atomic E-state index is 0.0649. The zero-order valence-electron chi connectivity index (χ0n) is 10.4. The quantitative estimate of drug-likeness (QED) is 0.817. The Morgan fingerprint density at radius 3 is 2.78 bits per heavy atom. The SMILES string of the molecule is CN1CCCN(S(=O)(=O)c2cccnc2N)CC1. The molecule has 1 aliphatic rings. The van der Waals surface area contributed by atoms with Crippen LogP contribution in [-0.2, 0) is 10.0 Å². The van der Waals surface area contributed by atoms with Gasteiger partial charge in [0.2, 0.25) is 10.0 Å². The molecule has 0 atom stereocenters. The number of pyridine rings is 1. The molecule has 18 heavy (non-hydrogen) atoms. The normalized spacial score (nSPS) is 19.6. The summed E-state index contributed by atoms with van der Waals surface area (Å²) in [6, 6.07) is 3.10. The molecule has 0 radical (unpaired) electrons. The van der Waals surface area contributed by atoms with E-state index in [0.717, 1.165) is 19.5 Å². The molecular formula is C11H18N4O2S. The number of aromatic nitrogens is 1. The molecule has 0 saturated carbocycles. The predicted molar refractivity (Wildman–Crippen MR) is 69.5 cm³/mol. The topological polar surface area (TPSA) is 79.5 Å². The van der Waals surface area contributed by atoms with E-state index in [2.05, 4.69) is 9.88 Å². The molecule has 0 amide bonds. The van der Waals surface area contributed by atoms with Crippen LogP contribution in [-0.4, -0.2) is 55.8 Å². The van der Waals surface area contributed by atoms with Crippen molar-refractivity contribution in [3.05, 3.63) is 18.3 Å². The van der Waals surface area contributed by atoms with Crippen LogP contribution in [0.5, 0.6) is 0 Å². The fourth-order valence-corrected chi connectivity index (χ4v) is 3.56. The third-order valence-electron chi connectivity index (χ3n) is 3.10. The van der Waals surface area contributed by atoms with Gasteiger partial charge in [0.25, 0.3) is 0 Å². The van der Waals surface area contributed by atoms with E-state index in [1.54, 1.807) is 6.07 Å². The maximum Gasteiger partial charge on any atom is 0.246 e. The summed E-state index contributed by atoms with van der Waals surface area (Å²) in [4.78, 5) is 6.07. The monoisotopic (exact) mass is 270 g/mol. The average molecular weight is 270 g/mol. The molecule has 0 unspecified atom stereocenters. The third-order valence-corrected chi connectivity index (χ3v) is 5.04. The van der Waals surface area contributed by atoms with Gasteiger partial charge in [-0.1, -0.05) is 0 Å². The van der Waals surface area contributed by atoms with Crippen molar-refractivity contribution in [1.82, 2.24) is 14.2 Å². The minimum atomic E-state index is -3.52. The number of likely N-dealkylation sites (N-methyl/N-ethyl adjacent to an activating group) is 1. The van der Waals surface area contributed by atoms with Crippen molar-refractivity contribution < 1.29 is 8.42 Å². The molecule has 0 aromatic carbocycles. The van der Waals surface area contributed by atoms with Crippen LogP contribution < -0.4 is 5.73 Å². The van der Waals surface area contributed by atoms with Gasteiger partial charge in [0, 0.05) is 25.8 Å². The molecule has 1 fully saturated rings. The van der Waals surface area contributed by atoms with E-state index in [-0.39, 0.29) is 10.7 Å². The van der Waals surface area contributed by atoms with E-state index in [0.29, 0.717) is 13.1 Å². The van der Waals surface area contributed by atoms with Crippen molar-refractivity contribution in [2.45, 2.75) is 11.3 Å². The summed E-state index contributed by atoms with van der Waals surface area (Å²) in [5.41, 5.74) is 5.65. The molecule has 2 rings (SSSR count). The number of nitrogens with zero attached hydrogens (tertiary/aromatic N) is 3. The molecule has 0 bridgehead atoms. The second-order valence-corrected chi connectivity index (χ2v) is 6.35. The zero-order valence-corrected chi connectivity index (χ0v) is 11.2. The number of nitrogens with two attached hydrogens (primary N) is 1. The molecule has 0 spiro atoms. The summed E-state index contributed by atoms with van der Waals surface area (Å²) in [7, 11) is -1.53. The Kier molecular flexibility index (Phi) is 3.84. The van der Waals surface area contributed by atoms with E-state index in [1.165, 1.54) is 16.6 Å². The van der Waals surface area contributed by atoms with E-state index >= 15 is 0 Å². The lowest BCUT2D eigenvalue weighted by Gasteiger charge is -2.20. The van der Waals surface area contributed by atoms with E-state index in [4.69, 9.17) is 5.73 Å². The number of hydrogen-bond donors (Lipinski definition) is 1. The zero-order chi connectivity index (χ0) is 13.2. The molecule has 6 nitrogen and oxygen atoms in total. The smallest absolute Gasteiger partial charge is 0.246 e. The molecule has 1 aliphatic heterocycles. The second kappa shape index (κ2) is 5.21. The molecule has 2 N–H and O–H groups in total. The van der Waals surface area contributed by atoms with Gasteiger partial charge >= 0.3 is 0 Å². The Balaban J connectivity index is 2.28. The van der Waals surface area contributed by atoms with Gasteiger partial charge in [-0.05, 0) is 32.1 Å². The summed E-state index contributed by atoms with van der Waals surface area (Å²) < 4.78 is 26.4. The number of nitrogen functional groups attached to an aromatic ring is 1. The maximum atomic E-state index is 12.5. The van der Waals surface area contributed by atoms with Crippen molar-refractivity contribution >= 4 is 15.8 Å². The number of rotatable bonds is 2. The Morgan fingerprint density at radius 1 is 1.28 bits per heavy atom. The first-order valence-electron chi connectivity index (χ1n) is 5.91. The van der Waals surface area contributed by atoms with E-state index in [1.807, 2.05) is 7.05 Å². The highest BCUT2D eigenvalue weighted by atomic mass is 32.2. The maximum absolute atomic E-state index is 12.5. The molecule has 0 aliphatic carbocycles. The lowest BCUT2D eigenvalue weighted by Crippen LogP contribution is -2.35. The van der Waals surface area contributed by atoms with Gasteiger partial charge < -0.3 is 10.6 Å². The van der Waals surface area contributed by atoms with Crippen molar-refractivity contribution in [3.8, 4) is 0 Å². The average Bonchev–Trinajstić information content (AvgIpc) is 2.54. The molecule has 100 valence electrons. The van der Waals surface area contributed by atoms with Gasteiger partial charge in [0.1, 0.15) is 10.7 Å². The van der Waals surface area contributed by atoms with Crippen LogP contribution in [0.4, 0.5) is 5.82 Å². The first-order chi connectivity index (χ1) is 8.51. The molecule has 1 saturated heterocycles. The first-order valence-corrected chi connectivity index (χ1v) is 7.35. The minimum Gasteiger partial charge on any atom is -0.383 e. The molecule has 1 aromatic heterocycles. The largest absolute Gasteiger partial charge is 0.383 e. The summed E-state index contributed by atoms with van der Waals surface area (Å²) in [6.07, 6.45) is 2.32. The van der Waals surface area contributed by atoms with Crippen molar-refractivity contribution in [1.29, 1.82) is 0 Å². The highest BCUT2D eigenvalue weighted by Gasteiger charge is 2.28. The van der Waals surface area contributed by atoms with Crippen molar-refractivity contribution in [2.24, 2.45) is 0 Å². The van der Waals surface area contributed by atoms with Gasteiger partial charge in [-0.25, -0.2) is 13.4 Å². The number of hydrogen-bond acceptors (Lipinski definition) is 5. The fourth-order valence-electron chi connectivity index (χ4n) is 2.02. The van der Waals surface area contributed by atoms with Gasteiger partial charge in [0.15, 0.2) is 0 Å². The van der Waals surface area contributed by atoms with Crippen LogP contribution in [0.1, 0.15) is 6.42 Å². The molecule has 1 aromatic rings. The van der Waals surface area contributed by atoms with Gasteiger partial charge in [-0.3, -0.25) is 0 Å². The number of sulfonamides is 1. The van der Waals surface area contributed by atoms with E-state index in [9.17, 15) is 8.42 Å². The van der Waals surface area contributed by atoms with Crippen LogP contribution in [0.25, 0.3) is 0 Å². The Labute approximate surface area is 107 Å². The summed E-state index contributed by atoms with van der Waals surface area (Å²) in [5, 5.41) is 0. The summed E-state index contributed by atoms with van der Waals surface area (Å²) >= 11 is 0. The number of anilines is 1. The summed E-state index contributed by atoms with van der Waals surface area (Å²) in [6.45, 7) is 2.67. The van der Waals surface area contributed by atoms with Crippen LogP contribution in [0.2, 0.25) is 0 Å². The van der Waals surface area contributed by atoms with Crippen molar-refractivity contribution in [3.63, 3.8) is 0 Å². The Bertz CT molecular complexity index is 518. The highest BCUT2D eigenvalue weighted by molar-refractivity contribution is 7.89. The van der Waals surface area contributed by atoms with Crippen LogP contribution >= 0.6 is 0 Å².